The normalized spacial score (nSPS) is 11.6. The van der Waals surface area contributed by atoms with Gasteiger partial charge in [-0.2, -0.15) is 0 Å². The summed E-state index contributed by atoms with van der Waals surface area (Å²) in [5.41, 5.74) is 0. The Kier molecular flexibility index (Phi) is 7.42. The molecule has 0 atom stereocenters. The molecule has 0 fully saturated rings. The Morgan fingerprint density at radius 1 is 0.368 bits per heavy atom. The third kappa shape index (κ3) is 5.13. The topological polar surface area (TPSA) is 74.6 Å². The molecule has 38 heavy (non-hydrogen) atoms. The van der Waals surface area contributed by atoms with Gasteiger partial charge in [0.05, 0.1) is 0 Å². The van der Waals surface area contributed by atoms with Gasteiger partial charge in [0.1, 0.15) is 0 Å². The maximum Gasteiger partial charge on any atom is 0.259 e. The number of hydrogen-bond donors (Lipinski definition) is 2. The molecule has 6 rings (SSSR count). The van der Waals surface area contributed by atoms with Crippen LogP contribution in [0.25, 0.3) is 21.5 Å². The monoisotopic (exact) mass is 536 g/mol. The molecule has 0 radical (unpaired) electrons. The highest BCUT2D eigenvalue weighted by Gasteiger charge is 2.28. The van der Waals surface area contributed by atoms with Crippen LogP contribution in [0.5, 0.6) is 0 Å². The molecule has 0 bridgehead atoms. The van der Waals surface area contributed by atoms with Gasteiger partial charge in [0.25, 0.3) is 14.7 Å². The van der Waals surface area contributed by atoms with Crippen molar-refractivity contribution >= 4 is 57.5 Å². The first-order valence-corrected chi connectivity index (χ1v) is 15.4. The number of benzene rings is 6. The maximum atomic E-state index is 13.4. The summed E-state index contributed by atoms with van der Waals surface area (Å²) in [6, 6.07) is 43.9. The van der Waals surface area contributed by atoms with Crippen LogP contribution in [-0.4, -0.2) is 9.79 Å². The minimum Gasteiger partial charge on any atom is -0.338 e. The van der Waals surface area contributed by atoms with Crippen molar-refractivity contribution < 1.29 is 18.9 Å². The Hall–Kier alpha value is -3.78. The minimum absolute atomic E-state index is 0.469. The Morgan fingerprint density at radius 3 is 1.13 bits per heavy atom. The van der Waals surface area contributed by atoms with Gasteiger partial charge in [-0.15, -0.1) is 0 Å². The van der Waals surface area contributed by atoms with Crippen LogP contribution in [0.15, 0.2) is 146 Å². The van der Waals surface area contributed by atoms with Crippen LogP contribution in [0, 0.1) is 0 Å². The van der Waals surface area contributed by atoms with E-state index in [1.165, 1.54) is 0 Å². The summed E-state index contributed by atoms with van der Waals surface area (Å²) in [6.07, 6.45) is 0. The smallest absolute Gasteiger partial charge is 0.259 e. The van der Waals surface area contributed by atoms with Gasteiger partial charge in [-0.3, -0.25) is 9.13 Å². The summed E-state index contributed by atoms with van der Waals surface area (Å²) in [5, 5.41) is 5.52. The molecule has 188 valence electrons. The van der Waals surface area contributed by atoms with Crippen molar-refractivity contribution in [1.82, 2.24) is 0 Å². The van der Waals surface area contributed by atoms with Crippen LogP contribution in [0.1, 0.15) is 0 Å². The second-order valence-corrected chi connectivity index (χ2v) is 13.1. The molecule has 2 N–H and O–H groups in total. The average Bonchev–Trinajstić information content (AvgIpc) is 2.98. The third-order valence-corrected chi connectivity index (χ3v) is 10.5. The van der Waals surface area contributed by atoms with Gasteiger partial charge >= 0.3 is 0 Å². The van der Waals surface area contributed by atoms with Gasteiger partial charge in [0.2, 0.25) is 0 Å². The zero-order chi connectivity index (χ0) is 26.6. The molecule has 0 amide bonds. The molecule has 0 unspecified atom stereocenters. The van der Waals surface area contributed by atoms with Crippen molar-refractivity contribution in [1.29, 1.82) is 0 Å². The van der Waals surface area contributed by atoms with E-state index in [1.54, 1.807) is 60.7 Å². The summed E-state index contributed by atoms with van der Waals surface area (Å²) in [5.74, 6) is 0. The van der Waals surface area contributed by atoms with Crippen LogP contribution < -0.4 is 21.2 Å². The van der Waals surface area contributed by atoms with Crippen LogP contribution in [0.3, 0.4) is 0 Å². The highest BCUT2D eigenvalue weighted by molar-refractivity contribution is 7.74. The second kappa shape index (κ2) is 10.9. The summed E-state index contributed by atoms with van der Waals surface area (Å²) < 4.78 is 25.6. The van der Waals surface area contributed by atoms with Gasteiger partial charge in [-0.1, -0.05) is 109 Å². The quantitative estimate of drug-likeness (QED) is 0.266. The Balaban J connectivity index is 0.000000170. The van der Waals surface area contributed by atoms with Crippen molar-refractivity contribution in [3.8, 4) is 0 Å². The van der Waals surface area contributed by atoms with E-state index < -0.39 is 14.7 Å². The van der Waals surface area contributed by atoms with Crippen molar-refractivity contribution in [3.05, 3.63) is 146 Å². The predicted molar refractivity (Wildman–Crippen MR) is 159 cm³/mol. The van der Waals surface area contributed by atoms with Crippen molar-refractivity contribution in [2.75, 3.05) is 0 Å². The Morgan fingerprint density at radius 2 is 0.711 bits per heavy atom. The largest absolute Gasteiger partial charge is 0.338 e. The van der Waals surface area contributed by atoms with E-state index >= 15 is 0 Å². The van der Waals surface area contributed by atoms with E-state index in [-0.39, 0.29) is 0 Å². The minimum atomic E-state index is -3.69. The highest BCUT2D eigenvalue weighted by atomic mass is 31.2. The van der Waals surface area contributed by atoms with E-state index in [0.717, 1.165) is 21.5 Å². The fourth-order valence-corrected chi connectivity index (χ4v) is 7.83. The fraction of sp³-hybridized carbons (Fsp3) is 0. The lowest BCUT2D eigenvalue weighted by Crippen LogP contribution is -2.17. The fourth-order valence-electron chi connectivity index (χ4n) is 4.48. The summed E-state index contributed by atoms with van der Waals surface area (Å²) in [6.45, 7) is 0. The molecular formula is C32H26O4P2. The molecule has 0 saturated heterocycles. The lowest BCUT2D eigenvalue weighted by atomic mass is 10.1. The molecule has 6 heteroatoms. The number of rotatable bonds is 4. The molecule has 0 aliphatic rings. The van der Waals surface area contributed by atoms with Gasteiger partial charge < -0.3 is 9.79 Å². The van der Waals surface area contributed by atoms with Crippen molar-refractivity contribution in [3.63, 3.8) is 0 Å². The van der Waals surface area contributed by atoms with Gasteiger partial charge in [-0.25, -0.2) is 0 Å². The lowest BCUT2D eigenvalue weighted by Gasteiger charge is -2.16. The first-order valence-electron chi connectivity index (χ1n) is 12.1. The van der Waals surface area contributed by atoms with E-state index in [0.29, 0.717) is 21.2 Å². The molecule has 0 heterocycles. The summed E-state index contributed by atoms with van der Waals surface area (Å²) in [4.78, 5) is 21.0. The molecule has 0 aliphatic carbocycles. The SMILES string of the molecule is O=P(O)(c1cccc2ccccc12)c1cccc2ccccc12.O=P(O)(c1ccccc1)c1ccccc1. The van der Waals surface area contributed by atoms with Gasteiger partial charge in [-0.05, 0) is 57.9 Å². The molecule has 0 aliphatic heterocycles. The zero-order valence-electron chi connectivity index (χ0n) is 20.5. The Labute approximate surface area is 221 Å². The lowest BCUT2D eigenvalue weighted by molar-refractivity contribution is 0.499. The first kappa shape index (κ1) is 25.9. The molecule has 6 aromatic carbocycles. The number of hydrogen-bond acceptors (Lipinski definition) is 2. The average molecular weight is 537 g/mol. The molecule has 0 spiro atoms. The molecule has 0 saturated carbocycles. The number of fused-ring (bicyclic) bond motifs is 2. The van der Waals surface area contributed by atoms with Crippen LogP contribution >= 0.6 is 14.7 Å². The predicted octanol–water partition coefficient (Wildman–Crippen LogP) is 6.12. The van der Waals surface area contributed by atoms with Gasteiger partial charge in [0.15, 0.2) is 0 Å². The Bertz CT molecular complexity index is 1660. The third-order valence-electron chi connectivity index (χ3n) is 6.40. The van der Waals surface area contributed by atoms with Crippen molar-refractivity contribution in [2.24, 2.45) is 0 Å². The van der Waals surface area contributed by atoms with E-state index in [4.69, 9.17) is 0 Å². The van der Waals surface area contributed by atoms with Crippen LogP contribution in [0.2, 0.25) is 0 Å². The summed E-state index contributed by atoms with van der Waals surface area (Å²) >= 11 is 0. The van der Waals surface area contributed by atoms with Crippen LogP contribution in [0.4, 0.5) is 0 Å². The molecular weight excluding hydrogens is 510 g/mol. The van der Waals surface area contributed by atoms with E-state index in [2.05, 4.69) is 0 Å². The summed E-state index contributed by atoms with van der Waals surface area (Å²) in [7, 11) is -7.09. The van der Waals surface area contributed by atoms with Crippen molar-refractivity contribution in [2.45, 2.75) is 0 Å². The molecule has 6 aromatic rings. The van der Waals surface area contributed by atoms with E-state index in [1.807, 2.05) is 84.9 Å². The molecule has 0 aromatic heterocycles. The van der Waals surface area contributed by atoms with Crippen LogP contribution in [-0.2, 0) is 9.13 Å². The maximum absolute atomic E-state index is 13.4. The zero-order valence-corrected chi connectivity index (χ0v) is 22.3. The van der Waals surface area contributed by atoms with E-state index in [9.17, 15) is 18.9 Å². The molecule has 4 nitrogen and oxygen atoms in total. The second-order valence-electron chi connectivity index (χ2n) is 8.82. The highest BCUT2D eigenvalue weighted by Crippen LogP contribution is 2.42. The standard InChI is InChI=1S/C20H15O2P.C12H11O2P/c21-23(22,19-13-5-9-15-7-1-3-11-17(15)19)20-14-6-10-16-8-2-4-12-18(16)20;13-15(14,11-7-3-1-4-8-11)12-9-5-2-6-10-12/h1-14H,(H,21,22);1-10H,(H,13,14). The first-order chi connectivity index (χ1) is 18.4. The van der Waals surface area contributed by atoms with Gasteiger partial charge in [0, 0.05) is 21.2 Å².